The first-order valence-electron chi connectivity index (χ1n) is 8.96. The van der Waals surface area contributed by atoms with Crippen LogP contribution < -0.4 is 5.32 Å². The molecule has 0 atom stereocenters. The van der Waals surface area contributed by atoms with Crippen molar-refractivity contribution in [3.8, 4) is 17.6 Å². The van der Waals surface area contributed by atoms with Gasteiger partial charge in [0.2, 0.25) is 11.8 Å². The first-order valence-corrected chi connectivity index (χ1v) is 8.96. The van der Waals surface area contributed by atoms with E-state index in [0.29, 0.717) is 35.1 Å². The van der Waals surface area contributed by atoms with Crippen LogP contribution in [0.1, 0.15) is 21.5 Å². The van der Waals surface area contributed by atoms with Crippen LogP contribution in [0.4, 0.5) is 5.95 Å². The quantitative estimate of drug-likeness (QED) is 0.569. The summed E-state index contributed by atoms with van der Waals surface area (Å²) in [4.78, 5) is 21.7. The van der Waals surface area contributed by atoms with E-state index in [0.717, 1.165) is 5.56 Å². The average Bonchev–Trinajstić information content (AvgIpc) is 3.23. The minimum Gasteiger partial charge on any atom is -0.350 e. The van der Waals surface area contributed by atoms with Crippen molar-refractivity contribution in [3.05, 3.63) is 95.7 Å². The lowest BCUT2D eigenvalue weighted by atomic mass is 10.1. The minimum absolute atomic E-state index is 0.298. The van der Waals surface area contributed by atoms with Crippen LogP contribution in [0, 0.1) is 11.3 Å². The molecular formula is C22H16N6O. The van der Waals surface area contributed by atoms with Crippen LogP contribution in [0.25, 0.3) is 11.5 Å². The van der Waals surface area contributed by atoms with Crippen molar-refractivity contribution in [2.45, 2.75) is 6.54 Å². The first-order chi connectivity index (χ1) is 14.2. The van der Waals surface area contributed by atoms with Gasteiger partial charge in [-0.1, -0.05) is 36.4 Å². The van der Waals surface area contributed by atoms with Gasteiger partial charge in [-0.25, -0.2) is 0 Å². The highest BCUT2D eigenvalue weighted by atomic mass is 16.2. The fraction of sp³-hybridized carbons (Fsp3) is 0.0455. The summed E-state index contributed by atoms with van der Waals surface area (Å²) in [6, 6.07) is 23.7. The van der Waals surface area contributed by atoms with Gasteiger partial charge in [-0.2, -0.15) is 14.9 Å². The molecule has 2 aromatic heterocycles. The summed E-state index contributed by atoms with van der Waals surface area (Å²) in [7, 11) is 0. The van der Waals surface area contributed by atoms with Gasteiger partial charge in [0, 0.05) is 18.3 Å². The molecule has 0 spiro atoms. The lowest BCUT2D eigenvalue weighted by Gasteiger charge is -2.07. The van der Waals surface area contributed by atoms with E-state index in [4.69, 9.17) is 5.26 Å². The molecule has 4 rings (SSSR count). The van der Waals surface area contributed by atoms with Gasteiger partial charge in [-0.15, -0.1) is 5.10 Å². The number of hydrogen-bond donors (Lipinski definition) is 1. The summed E-state index contributed by atoms with van der Waals surface area (Å²) in [6.07, 6.45) is 1.65. The van der Waals surface area contributed by atoms with E-state index in [1.165, 1.54) is 4.68 Å². The minimum atomic E-state index is -0.298. The van der Waals surface area contributed by atoms with Crippen molar-refractivity contribution in [3.63, 3.8) is 0 Å². The molecule has 4 aromatic rings. The molecule has 0 aliphatic rings. The van der Waals surface area contributed by atoms with Crippen LogP contribution in [0.5, 0.6) is 0 Å². The Morgan fingerprint density at radius 1 is 1.03 bits per heavy atom. The number of hydrogen-bond acceptors (Lipinski definition) is 6. The Morgan fingerprint density at radius 2 is 1.86 bits per heavy atom. The number of pyridine rings is 1. The summed E-state index contributed by atoms with van der Waals surface area (Å²) >= 11 is 0. The van der Waals surface area contributed by atoms with E-state index in [2.05, 4.69) is 26.5 Å². The summed E-state index contributed by atoms with van der Waals surface area (Å²) < 4.78 is 1.24. The van der Waals surface area contributed by atoms with Crippen molar-refractivity contribution in [1.82, 2.24) is 19.7 Å². The second-order valence-electron chi connectivity index (χ2n) is 6.22. The summed E-state index contributed by atoms with van der Waals surface area (Å²) in [5.41, 5.74) is 2.53. The van der Waals surface area contributed by atoms with Gasteiger partial charge in [0.15, 0.2) is 0 Å². The van der Waals surface area contributed by atoms with E-state index < -0.39 is 0 Å². The average molecular weight is 380 g/mol. The third kappa shape index (κ3) is 4.01. The molecule has 0 amide bonds. The van der Waals surface area contributed by atoms with Crippen molar-refractivity contribution in [1.29, 1.82) is 5.26 Å². The maximum absolute atomic E-state index is 13.0. The first kappa shape index (κ1) is 18.1. The number of nitriles is 1. The van der Waals surface area contributed by atoms with Gasteiger partial charge in [0.05, 0.1) is 11.6 Å². The zero-order chi connectivity index (χ0) is 20.1. The Kier molecular flexibility index (Phi) is 5.08. The second-order valence-corrected chi connectivity index (χ2v) is 6.22. The van der Waals surface area contributed by atoms with E-state index in [1.807, 2.05) is 24.3 Å². The highest BCUT2D eigenvalue weighted by molar-refractivity contribution is 5.97. The molecule has 29 heavy (non-hydrogen) atoms. The van der Waals surface area contributed by atoms with E-state index >= 15 is 0 Å². The number of anilines is 1. The number of benzene rings is 2. The second kappa shape index (κ2) is 8.15. The van der Waals surface area contributed by atoms with Crippen molar-refractivity contribution in [2.75, 3.05) is 5.32 Å². The molecule has 2 heterocycles. The normalized spacial score (nSPS) is 10.3. The predicted molar refractivity (Wildman–Crippen MR) is 108 cm³/mol. The lowest BCUT2D eigenvalue weighted by molar-refractivity contribution is 0.0947. The van der Waals surface area contributed by atoms with Gasteiger partial charge in [0.1, 0.15) is 5.69 Å². The molecule has 7 nitrogen and oxygen atoms in total. The molecule has 140 valence electrons. The molecule has 0 radical (unpaired) electrons. The number of nitrogens with one attached hydrogen (secondary N) is 1. The van der Waals surface area contributed by atoms with E-state index in [9.17, 15) is 4.79 Å². The molecular weight excluding hydrogens is 364 g/mol. The topological polar surface area (TPSA) is 96.5 Å². The monoisotopic (exact) mass is 380 g/mol. The molecule has 0 saturated heterocycles. The summed E-state index contributed by atoms with van der Waals surface area (Å²) in [5, 5.41) is 16.6. The van der Waals surface area contributed by atoms with E-state index in [1.54, 1.807) is 54.7 Å². The van der Waals surface area contributed by atoms with Crippen LogP contribution >= 0.6 is 0 Å². The molecule has 1 N–H and O–H groups in total. The maximum atomic E-state index is 13.0. The molecule has 0 fully saturated rings. The van der Waals surface area contributed by atoms with Crippen molar-refractivity contribution < 1.29 is 4.79 Å². The molecule has 0 saturated carbocycles. The van der Waals surface area contributed by atoms with Gasteiger partial charge >= 0.3 is 0 Å². The molecule has 0 aliphatic carbocycles. The third-order valence-corrected chi connectivity index (χ3v) is 4.22. The van der Waals surface area contributed by atoms with Crippen molar-refractivity contribution in [2.24, 2.45) is 0 Å². The van der Waals surface area contributed by atoms with Gasteiger partial charge in [-0.3, -0.25) is 9.78 Å². The summed E-state index contributed by atoms with van der Waals surface area (Å²) in [6.45, 7) is 0.387. The zero-order valence-electron chi connectivity index (χ0n) is 15.4. The highest BCUT2D eigenvalue weighted by Gasteiger charge is 2.19. The van der Waals surface area contributed by atoms with Gasteiger partial charge in [-0.05, 0) is 42.0 Å². The maximum Gasteiger partial charge on any atom is 0.281 e. The van der Waals surface area contributed by atoms with E-state index in [-0.39, 0.29) is 5.91 Å². The lowest BCUT2D eigenvalue weighted by Crippen LogP contribution is -2.17. The Bertz CT molecular complexity index is 1180. The summed E-state index contributed by atoms with van der Waals surface area (Å²) in [5.74, 6) is 0.360. The fourth-order valence-electron chi connectivity index (χ4n) is 2.81. The van der Waals surface area contributed by atoms with Crippen LogP contribution in [0.2, 0.25) is 0 Å². The molecule has 2 aromatic carbocycles. The number of carbonyl (C=O) groups excluding carboxylic acids is 1. The molecule has 7 heteroatoms. The Balaban J connectivity index is 1.68. The zero-order valence-corrected chi connectivity index (χ0v) is 15.4. The standard InChI is InChI=1S/C22H16N6O/c23-14-16-7-6-8-17(13-16)15-25-22-26-20(19-11-4-5-12-24-19)27-28(22)21(29)18-9-2-1-3-10-18/h1-13H,15H2,(H,25,26,27). The molecule has 0 bridgehead atoms. The highest BCUT2D eigenvalue weighted by Crippen LogP contribution is 2.18. The smallest absolute Gasteiger partial charge is 0.281 e. The van der Waals surface area contributed by atoms with Crippen LogP contribution in [-0.2, 0) is 6.54 Å². The number of aromatic nitrogens is 4. The predicted octanol–water partition coefficient (Wildman–Crippen LogP) is 3.51. The number of rotatable bonds is 5. The number of nitrogens with zero attached hydrogens (tertiary/aromatic N) is 5. The Hall–Kier alpha value is -4.31. The van der Waals surface area contributed by atoms with Gasteiger partial charge < -0.3 is 5.32 Å². The van der Waals surface area contributed by atoms with Crippen molar-refractivity contribution >= 4 is 11.9 Å². The van der Waals surface area contributed by atoms with Crippen LogP contribution in [0.3, 0.4) is 0 Å². The van der Waals surface area contributed by atoms with Gasteiger partial charge in [0.25, 0.3) is 5.91 Å². The SMILES string of the molecule is N#Cc1cccc(CNc2nc(-c3ccccn3)nn2C(=O)c2ccccc2)c1. The Morgan fingerprint density at radius 3 is 2.62 bits per heavy atom. The fourth-order valence-corrected chi connectivity index (χ4v) is 2.81. The molecule has 0 unspecified atom stereocenters. The number of carbonyl (C=O) groups is 1. The molecule has 0 aliphatic heterocycles. The van der Waals surface area contributed by atoms with Crippen LogP contribution in [0.15, 0.2) is 79.0 Å². The Labute approximate surface area is 167 Å². The third-order valence-electron chi connectivity index (χ3n) is 4.22. The largest absolute Gasteiger partial charge is 0.350 e. The van der Waals surface area contributed by atoms with Crippen LogP contribution in [-0.4, -0.2) is 25.7 Å².